The second-order valence-corrected chi connectivity index (χ2v) is 11.8. The topological polar surface area (TPSA) is 185 Å². The zero-order chi connectivity index (χ0) is 36.5. The smallest absolute Gasteiger partial charge is 0.339 e. The molecule has 4 N–H and O–H groups in total. The van der Waals surface area contributed by atoms with E-state index in [1.54, 1.807) is 78.9 Å². The van der Waals surface area contributed by atoms with Gasteiger partial charge >= 0.3 is 23.9 Å². The number of carboxylic acid groups (broad SMARTS) is 2. The first-order chi connectivity index (χ1) is 25.1. The lowest BCUT2D eigenvalue weighted by molar-refractivity contribution is -0.118. The molecule has 5 aromatic carbocycles. The van der Waals surface area contributed by atoms with Crippen LogP contribution in [0.25, 0.3) is 6.08 Å². The minimum atomic E-state index is -1.40. The summed E-state index contributed by atoms with van der Waals surface area (Å²) in [7, 11) is 0. The Morgan fingerprint density at radius 1 is 0.519 bits per heavy atom. The summed E-state index contributed by atoms with van der Waals surface area (Å²) in [5.74, 6) is -6.18. The summed E-state index contributed by atoms with van der Waals surface area (Å²) >= 11 is 0. The highest BCUT2D eigenvalue weighted by Gasteiger charge is 2.37. The van der Waals surface area contributed by atoms with Crippen LogP contribution < -0.4 is 10.6 Å². The molecule has 5 aromatic rings. The Balaban J connectivity index is 1.30. The van der Waals surface area contributed by atoms with Crippen molar-refractivity contribution in [3.05, 3.63) is 171 Å². The molecule has 7 rings (SSSR count). The number of carbonyl (C=O) groups excluding carboxylic acids is 4. The van der Waals surface area contributed by atoms with Gasteiger partial charge in [-0.25, -0.2) is 19.2 Å². The number of benzene rings is 5. The van der Waals surface area contributed by atoms with Crippen molar-refractivity contribution in [3.63, 3.8) is 0 Å². The number of hydrogen-bond acceptors (Lipinski definition) is 8. The number of esters is 2. The zero-order valence-electron chi connectivity index (χ0n) is 26.9. The number of rotatable bonds is 9. The van der Waals surface area contributed by atoms with Crippen LogP contribution in [-0.4, -0.2) is 45.9 Å². The van der Waals surface area contributed by atoms with E-state index in [2.05, 4.69) is 10.6 Å². The van der Waals surface area contributed by atoms with Crippen LogP contribution in [0.15, 0.2) is 121 Å². The van der Waals surface area contributed by atoms with Crippen molar-refractivity contribution < 1.29 is 48.5 Å². The maximum absolute atomic E-state index is 14.2. The van der Waals surface area contributed by atoms with Gasteiger partial charge in [0, 0.05) is 22.3 Å². The van der Waals surface area contributed by atoms with E-state index in [-0.39, 0.29) is 44.8 Å². The third-order valence-corrected chi connectivity index (χ3v) is 8.67. The molecule has 2 heterocycles. The number of amides is 2. The molecule has 12 heteroatoms. The van der Waals surface area contributed by atoms with E-state index in [0.717, 1.165) is 0 Å². The molecule has 0 radical (unpaired) electrons. The Morgan fingerprint density at radius 3 is 1.37 bits per heavy atom. The molecule has 0 saturated heterocycles. The quantitative estimate of drug-likeness (QED) is 0.0594. The van der Waals surface area contributed by atoms with Crippen LogP contribution in [0.2, 0.25) is 0 Å². The molecule has 0 aliphatic carbocycles. The minimum Gasteiger partial charge on any atom is -0.478 e. The zero-order valence-corrected chi connectivity index (χ0v) is 26.9. The second kappa shape index (κ2) is 13.5. The monoisotopic (exact) mass is 694 g/mol. The lowest BCUT2D eigenvalue weighted by Gasteiger charge is -2.21. The van der Waals surface area contributed by atoms with Gasteiger partial charge in [0.25, 0.3) is 11.8 Å². The van der Waals surface area contributed by atoms with Crippen molar-refractivity contribution in [2.75, 3.05) is 10.6 Å². The lowest BCUT2D eigenvalue weighted by atomic mass is 9.95. The summed E-state index contributed by atoms with van der Waals surface area (Å²) in [6.07, 6.45) is -0.890. The molecule has 2 unspecified atom stereocenters. The van der Waals surface area contributed by atoms with Crippen LogP contribution >= 0.6 is 0 Å². The van der Waals surface area contributed by atoms with Gasteiger partial charge in [-0.3, -0.25) is 9.59 Å². The van der Waals surface area contributed by atoms with Crippen LogP contribution in [0.1, 0.15) is 81.5 Å². The number of para-hydroxylation sites is 2. The van der Waals surface area contributed by atoms with E-state index in [4.69, 9.17) is 9.47 Å². The number of hydrogen-bond donors (Lipinski definition) is 4. The number of carboxylic acids is 2. The van der Waals surface area contributed by atoms with Crippen LogP contribution in [0.3, 0.4) is 0 Å². The van der Waals surface area contributed by atoms with Crippen LogP contribution in [-0.2, 0) is 19.1 Å². The second-order valence-electron chi connectivity index (χ2n) is 11.8. The van der Waals surface area contributed by atoms with Gasteiger partial charge in [-0.1, -0.05) is 91.0 Å². The van der Waals surface area contributed by atoms with E-state index in [0.29, 0.717) is 16.7 Å². The van der Waals surface area contributed by atoms with Crippen molar-refractivity contribution in [2.24, 2.45) is 0 Å². The fraction of sp³-hybridized carbons (Fsp3) is 0.0500. The Kier molecular flexibility index (Phi) is 8.62. The van der Waals surface area contributed by atoms with Crippen LogP contribution in [0.5, 0.6) is 0 Å². The molecule has 0 fully saturated rings. The first kappa shape index (κ1) is 33.2. The van der Waals surface area contributed by atoms with Gasteiger partial charge < -0.3 is 30.3 Å². The molecule has 0 spiro atoms. The molecule has 0 saturated carbocycles. The third-order valence-electron chi connectivity index (χ3n) is 8.67. The molecule has 52 heavy (non-hydrogen) atoms. The maximum atomic E-state index is 14.2. The summed E-state index contributed by atoms with van der Waals surface area (Å²) in [5, 5.41) is 25.4. The molecule has 2 amide bonds. The van der Waals surface area contributed by atoms with Gasteiger partial charge in [-0.05, 0) is 35.9 Å². The number of aromatic carboxylic acids is 2. The van der Waals surface area contributed by atoms with Gasteiger partial charge in [0.2, 0.25) is 0 Å². The summed E-state index contributed by atoms with van der Waals surface area (Å²) in [6, 6.07) is 29.8. The fourth-order valence-corrected chi connectivity index (χ4v) is 6.28. The van der Waals surface area contributed by atoms with E-state index in [1.165, 1.54) is 42.5 Å². The SMILES string of the molecule is O=C(Nc1c(C(=O)O)cccc1C1OC(=O)c2ccccc21)C(=Cc1ccccc1)C(=O)Nc1c(C(=O)O)cccc1C1OC(=O)c2ccccc21. The third kappa shape index (κ3) is 6.05. The normalized spacial score (nSPS) is 15.4. The molecule has 2 aliphatic heterocycles. The molecule has 0 aromatic heterocycles. The molecule has 2 atom stereocenters. The van der Waals surface area contributed by atoms with Gasteiger partial charge in [0.15, 0.2) is 12.2 Å². The Hall–Kier alpha value is -7.34. The van der Waals surface area contributed by atoms with Crippen molar-refractivity contribution in [1.29, 1.82) is 0 Å². The Bertz CT molecular complexity index is 2220. The summed E-state index contributed by atoms with van der Waals surface area (Å²) < 4.78 is 11.2. The number of fused-ring (bicyclic) bond motifs is 2. The molecule has 2 aliphatic rings. The predicted octanol–water partition coefficient (Wildman–Crippen LogP) is 6.26. The van der Waals surface area contributed by atoms with Crippen molar-refractivity contribution in [1.82, 2.24) is 0 Å². The number of anilines is 2. The highest BCUT2D eigenvalue weighted by Crippen LogP contribution is 2.42. The van der Waals surface area contributed by atoms with Crippen molar-refractivity contribution >= 4 is 53.1 Å². The average molecular weight is 695 g/mol. The number of nitrogens with one attached hydrogen (secondary N) is 2. The molecule has 0 bridgehead atoms. The van der Waals surface area contributed by atoms with Crippen molar-refractivity contribution in [3.8, 4) is 0 Å². The highest BCUT2D eigenvalue weighted by molar-refractivity contribution is 6.30. The lowest BCUT2D eigenvalue weighted by Crippen LogP contribution is -2.28. The average Bonchev–Trinajstić information content (AvgIpc) is 3.67. The minimum absolute atomic E-state index is 0.145. The first-order valence-electron chi connectivity index (χ1n) is 15.8. The molecular weight excluding hydrogens is 668 g/mol. The first-order valence-corrected chi connectivity index (χ1v) is 15.8. The van der Waals surface area contributed by atoms with E-state index in [1.807, 2.05) is 0 Å². The Labute approximate surface area is 294 Å². The van der Waals surface area contributed by atoms with E-state index < -0.39 is 53.5 Å². The molecule has 256 valence electrons. The molecule has 12 nitrogen and oxygen atoms in total. The number of carbonyl (C=O) groups is 6. The van der Waals surface area contributed by atoms with Crippen molar-refractivity contribution in [2.45, 2.75) is 12.2 Å². The summed E-state index contributed by atoms with van der Waals surface area (Å²) in [5.41, 5.74) is 0.510. The molecular formula is C40H26N2O10. The predicted molar refractivity (Wildman–Crippen MR) is 186 cm³/mol. The number of ether oxygens (including phenoxy) is 2. The standard InChI is InChI=1S/C40H26N2O10/c43-35(41-31-26(16-8-18-28(31)37(45)46)33-22-12-4-6-14-24(22)39(49)51-33)30(20-21-10-2-1-3-11-21)36(44)42-32-27(17-9-19-29(32)38(47)48)34-23-13-5-7-15-25(23)40(50)52-34/h1-20,33-34H,(H,41,43)(H,42,44)(H,45,46)(H,47,48). The van der Waals surface area contributed by atoms with E-state index in [9.17, 15) is 39.0 Å². The van der Waals surface area contributed by atoms with Crippen LogP contribution in [0.4, 0.5) is 11.4 Å². The van der Waals surface area contributed by atoms with Gasteiger partial charge in [-0.15, -0.1) is 0 Å². The Morgan fingerprint density at radius 2 is 0.923 bits per heavy atom. The number of cyclic esters (lactones) is 2. The fourth-order valence-electron chi connectivity index (χ4n) is 6.28. The summed E-state index contributed by atoms with van der Waals surface area (Å²) in [4.78, 5) is 78.8. The maximum Gasteiger partial charge on any atom is 0.339 e. The van der Waals surface area contributed by atoms with Gasteiger partial charge in [-0.2, -0.15) is 0 Å². The largest absolute Gasteiger partial charge is 0.478 e. The highest BCUT2D eigenvalue weighted by atomic mass is 16.6. The summed E-state index contributed by atoms with van der Waals surface area (Å²) in [6.45, 7) is 0. The van der Waals surface area contributed by atoms with E-state index >= 15 is 0 Å². The van der Waals surface area contributed by atoms with Crippen LogP contribution in [0, 0.1) is 0 Å². The van der Waals surface area contributed by atoms with Gasteiger partial charge in [0.1, 0.15) is 5.57 Å². The van der Waals surface area contributed by atoms with Gasteiger partial charge in [0.05, 0.1) is 33.6 Å².